The fourth-order valence-electron chi connectivity index (χ4n) is 6.49. The van der Waals surface area contributed by atoms with Crippen molar-refractivity contribution in [3.05, 3.63) is 158 Å². The van der Waals surface area contributed by atoms with Gasteiger partial charge in [-0.3, -0.25) is 4.98 Å². The Labute approximate surface area is 265 Å². The van der Waals surface area contributed by atoms with Crippen LogP contribution in [0.5, 0.6) is 0 Å². The molecule has 5 aromatic carbocycles. The van der Waals surface area contributed by atoms with Gasteiger partial charge in [0.05, 0.1) is 39.5 Å². The van der Waals surface area contributed by atoms with E-state index >= 15 is 0 Å². The highest BCUT2D eigenvalue weighted by atomic mass is 14.8. The van der Waals surface area contributed by atoms with Gasteiger partial charge in [-0.1, -0.05) is 115 Å². The molecule has 0 atom stereocenters. The largest absolute Gasteiger partial charge is 0.254 e. The molecule has 0 aliphatic heterocycles. The van der Waals surface area contributed by atoms with Crippen LogP contribution < -0.4 is 0 Å². The number of hydrogen-bond donors (Lipinski definition) is 0. The number of hydrogen-bond acceptors (Lipinski definition) is 4. The standard InChI is InChI=1S/C42H26N4/c1-3-17-34-30(13-1)32-15-5-7-19-37(32)45-41(34)39-24-23-29(26-43-39)27-11-9-12-28(25-27)36-21-10-22-40(44-36)42-35-18-4-2-14-31(35)33-16-6-8-20-38(33)46-42/h1-26H. The number of nitrogens with zero attached hydrogens (tertiary/aromatic N) is 4. The Kier molecular flexibility index (Phi) is 6.10. The van der Waals surface area contributed by atoms with Gasteiger partial charge in [0.25, 0.3) is 0 Å². The van der Waals surface area contributed by atoms with Crippen molar-refractivity contribution in [3.63, 3.8) is 0 Å². The lowest BCUT2D eigenvalue weighted by Crippen LogP contribution is -1.94. The molecule has 4 nitrogen and oxygen atoms in total. The van der Waals surface area contributed by atoms with E-state index in [-0.39, 0.29) is 0 Å². The molecule has 4 aromatic heterocycles. The number of pyridine rings is 4. The first-order chi connectivity index (χ1) is 22.8. The van der Waals surface area contributed by atoms with Crippen LogP contribution in [0.2, 0.25) is 0 Å². The van der Waals surface area contributed by atoms with Gasteiger partial charge in [-0.15, -0.1) is 0 Å². The summed E-state index contributed by atoms with van der Waals surface area (Å²) in [6, 6.07) is 52.3. The summed E-state index contributed by atoms with van der Waals surface area (Å²) in [5.74, 6) is 0. The van der Waals surface area contributed by atoms with E-state index in [4.69, 9.17) is 19.9 Å². The zero-order valence-corrected chi connectivity index (χ0v) is 24.8. The van der Waals surface area contributed by atoms with Gasteiger partial charge in [0.2, 0.25) is 0 Å². The van der Waals surface area contributed by atoms with Crippen LogP contribution in [0.15, 0.2) is 158 Å². The zero-order chi connectivity index (χ0) is 30.5. The van der Waals surface area contributed by atoms with Gasteiger partial charge in [0, 0.05) is 38.9 Å². The van der Waals surface area contributed by atoms with E-state index in [0.717, 1.165) is 77.7 Å². The first-order valence-corrected chi connectivity index (χ1v) is 15.4. The predicted molar refractivity (Wildman–Crippen MR) is 189 cm³/mol. The van der Waals surface area contributed by atoms with Crippen LogP contribution >= 0.6 is 0 Å². The van der Waals surface area contributed by atoms with E-state index in [1.165, 1.54) is 10.8 Å². The molecular weight excluding hydrogens is 560 g/mol. The van der Waals surface area contributed by atoms with Crippen molar-refractivity contribution in [3.8, 4) is 45.2 Å². The molecule has 0 radical (unpaired) electrons. The van der Waals surface area contributed by atoms with Crippen LogP contribution in [0.1, 0.15) is 0 Å². The van der Waals surface area contributed by atoms with Crippen molar-refractivity contribution in [1.82, 2.24) is 19.9 Å². The van der Waals surface area contributed by atoms with Gasteiger partial charge in [-0.25, -0.2) is 15.0 Å². The molecule has 0 aliphatic carbocycles. The van der Waals surface area contributed by atoms with Crippen LogP contribution in [-0.4, -0.2) is 19.9 Å². The van der Waals surface area contributed by atoms with Gasteiger partial charge in [-0.2, -0.15) is 0 Å². The first kappa shape index (κ1) is 26.2. The molecule has 9 rings (SSSR count). The minimum atomic E-state index is 0.853. The Morgan fingerprint density at radius 3 is 1.46 bits per heavy atom. The molecule has 0 spiro atoms. The van der Waals surface area contributed by atoms with E-state index in [1.54, 1.807) is 0 Å². The maximum atomic E-state index is 5.13. The number of benzene rings is 5. The molecule has 0 aliphatic rings. The van der Waals surface area contributed by atoms with Crippen LogP contribution in [0.4, 0.5) is 0 Å². The van der Waals surface area contributed by atoms with E-state index in [9.17, 15) is 0 Å². The summed E-state index contributed by atoms with van der Waals surface area (Å²) in [6.07, 6.45) is 1.94. The molecule has 0 unspecified atom stereocenters. The Bertz CT molecular complexity index is 2590. The molecule has 0 N–H and O–H groups in total. The highest BCUT2D eigenvalue weighted by molar-refractivity contribution is 6.11. The lowest BCUT2D eigenvalue weighted by molar-refractivity contribution is 1.28. The third-order valence-corrected chi connectivity index (χ3v) is 8.71. The Balaban J connectivity index is 1.09. The Morgan fingerprint density at radius 1 is 0.304 bits per heavy atom. The Morgan fingerprint density at radius 2 is 0.826 bits per heavy atom. The summed E-state index contributed by atoms with van der Waals surface area (Å²) in [6.45, 7) is 0. The van der Waals surface area contributed by atoms with Gasteiger partial charge in [0.1, 0.15) is 0 Å². The van der Waals surface area contributed by atoms with Gasteiger partial charge in [-0.05, 0) is 52.7 Å². The molecule has 46 heavy (non-hydrogen) atoms. The molecule has 214 valence electrons. The average Bonchev–Trinajstić information content (AvgIpc) is 3.14. The molecule has 0 saturated carbocycles. The van der Waals surface area contributed by atoms with E-state index in [2.05, 4.69) is 133 Å². The quantitative estimate of drug-likeness (QED) is 0.193. The maximum Gasteiger partial charge on any atom is 0.0972 e. The molecule has 4 heterocycles. The minimum Gasteiger partial charge on any atom is -0.254 e. The highest BCUT2D eigenvalue weighted by Gasteiger charge is 2.14. The van der Waals surface area contributed by atoms with Crippen LogP contribution in [0.25, 0.3) is 88.5 Å². The van der Waals surface area contributed by atoms with Crippen molar-refractivity contribution < 1.29 is 0 Å². The molecule has 0 bridgehead atoms. The second-order valence-corrected chi connectivity index (χ2v) is 11.5. The van der Waals surface area contributed by atoms with Crippen LogP contribution in [0.3, 0.4) is 0 Å². The predicted octanol–water partition coefficient (Wildman–Crippen LogP) is 10.5. The topological polar surface area (TPSA) is 51.6 Å². The number of para-hydroxylation sites is 2. The third kappa shape index (κ3) is 4.39. The van der Waals surface area contributed by atoms with E-state index in [0.29, 0.717) is 0 Å². The summed E-state index contributed by atoms with van der Waals surface area (Å²) < 4.78 is 0. The van der Waals surface area contributed by atoms with Gasteiger partial charge >= 0.3 is 0 Å². The SMILES string of the molecule is c1cc(-c2ccc(-c3nc4ccccc4c4ccccc34)nc2)cc(-c2cccc(-c3nc4ccccc4c4ccccc34)n2)c1. The number of aromatic nitrogens is 4. The number of rotatable bonds is 4. The van der Waals surface area contributed by atoms with Crippen molar-refractivity contribution in [2.45, 2.75) is 0 Å². The molecule has 0 amide bonds. The molecular formula is C42H26N4. The van der Waals surface area contributed by atoms with E-state index < -0.39 is 0 Å². The Hall–Kier alpha value is -6.26. The van der Waals surface area contributed by atoms with Gasteiger partial charge in [0.15, 0.2) is 0 Å². The zero-order valence-electron chi connectivity index (χ0n) is 24.8. The first-order valence-electron chi connectivity index (χ1n) is 15.4. The molecule has 0 saturated heterocycles. The van der Waals surface area contributed by atoms with E-state index in [1.807, 2.05) is 24.4 Å². The normalized spacial score (nSPS) is 11.5. The van der Waals surface area contributed by atoms with Crippen LogP contribution in [0, 0.1) is 0 Å². The third-order valence-electron chi connectivity index (χ3n) is 8.71. The lowest BCUT2D eigenvalue weighted by Gasteiger charge is -2.11. The summed E-state index contributed by atoms with van der Waals surface area (Å²) in [5, 5.41) is 6.86. The van der Waals surface area contributed by atoms with Crippen molar-refractivity contribution in [2.24, 2.45) is 0 Å². The molecule has 0 fully saturated rings. The van der Waals surface area contributed by atoms with Crippen LogP contribution in [-0.2, 0) is 0 Å². The molecule has 9 aromatic rings. The number of fused-ring (bicyclic) bond motifs is 6. The fraction of sp³-hybridized carbons (Fsp3) is 0. The van der Waals surface area contributed by atoms with Crippen molar-refractivity contribution in [2.75, 3.05) is 0 Å². The minimum absolute atomic E-state index is 0.853. The molecule has 4 heteroatoms. The van der Waals surface area contributed by atoms with Crippen molar-refractivity contribution >= 4 is 43.4 Å². The lowest BCUT2D eigenvalue weighted by atomic mass is 10.00. The average molecular weight is 587 g/mol. The summed E-state index contributed by atoms with van der Waals surface area (Å²) >= 11 is 0. The maximum absolute atomic E-state index is 5.13. The summed E-state index contributed by atoms with van der Waals surface area (Å²) in [5.41, 5.74) is 9.48. The second-order valence-electron chi connectivity index (χ2n) is 11.5. The smallest absolute Gasteiger partial charge is 0.0972 e. The highest BCUT2D eigenvalue weighted by Crippen LogP contribution is 2.35. The second kappa shape index (κ2) is 10.7. The fourth-order valence-corrected chi connectivity index (χ4v) is 6.49. The van der Waals surface area contributed by atoms with Gasteiger partial charge < -0.3 is 0 Å². The van der Waals surface area contributed by atoms with Crippen molar-refractivity contribution in [1.29, 1.82) is 0 Å². The summed E-state index contributed by atoms with van der Waals surface area (Å²) in [7, 11) is 0. The monoisotopic (exact) mass is 586 g/mol. The summed E-state index contributed by atoms with van der Waals surface area (Å²) in [4.78, 5) is 20.1.